The summed E-state index contributed by atoms with van der Waals surface area (Å²) in [6, 6.07) is 20.0. The third-order valence-electron chi connectivity index (χ3n) is 8.16. The Morgan fingerprint density at radius 2 is 1.27 bits per heavy atom. The van der Waals surface area contributed by atoms with Crippen molar-refractivity contribution in [3.8, 4) is 0 Å². The van der Waals surface area contributed by atoms with Crippen LogP contribution in [-0.4, -0.2) is 68.9 Å². The Morgan fingerprint density at radius 1 is 0.700 bits per heavy atom. The van der Waals surface area contributed by atoms with Gasteiger partial charge in [0.1, 0.15) is 42.3 Å². The highest BCUT2D eigenvalue weighted by Crippen LogP contribution is 2.48. The van der Waals surface area contributed by atoms with Crippen molar-refractivity contribution in [2.24, 2.45) is 5.92 Å². The second kappa shape index (κ2) is 12.3. The number of halogens is 2. The molecule has 1 unspecified atom stereocenters. The number of ether oxygens (including phenoxy) is 1. The number of aryl methyl sites for hydroxylation is 1. The molecule has 5 rings (SSSR count). The Hall–Kier alpha value is -2.92. The third kappa shape index (κ3) is 5.90. The van der Waals surface area contributed by atoms with E-state index < -0.39 is 43.4 Å². The van der Waals surface area contributed by atoms with Gasteiger partial charge in [-0.05, 0) is 72.4 Å². The van der Waals surface area contributed by atoms with Crippen molar-refractivity contribution in [2.45, 2.75) is 68.5 Å². The lowest BCUT2D eigenvalue weighted by atomic mass is 9.77. The first-order chi connectivity index (χ1) is 19.3. The zero-order chi connectivity index (χ0) is 28.4. The Labute approximate surface area is 231 Å². The summed E-state index contributed by atoms with van der Waals surface area (Å²) in [4.78, 5) is 1.87. The lowest BCUT2D eigenvalue weighted by molar-refractivity contribution is -0.228. The quantitative estimate of drug-likeness (QED) is 0.276. The molecule has 0 aromatic heterocycles. The van der Waals surface area contributed by atoms with Crippen molar-refractivity contribution in [1.29, 1.82) is 0 Å². The Morgan fingerprint density at radius 3 is 1.90 bits per heavy atom. The van der Waals surface area contributed by atoms with Gasteiger partial charge in [-0.1, -0.05) is 36.4 Å². The third-order valence-corrected chi connectivity index (χ3v) is 8.16. The van der Waals surface area contributed by atoms with Crippen LogP contribution in [0.1, 0.15) is 35.6 Å². The molecular weight excluding hydrogens is 520 g/mol. The van der Waals surface area contributed by atoms with Crippen molar-refractivity contribution in [3.63, 3.8) is 0 Å². The van der Waals surface area contributed by atoms with Gasteiger partial charge in [-0.25, -0.2) is 8.78 Å². The SMILES string of the molecule is OC[C@H]1O[C@@H](Cc2ccc([C@@H]3[C@@H](CCCc4ccc(F)cc4)C(O)N3c3ccc(F)cc3)cc2)[C@H](O)[C@@H](O)[C@@H]1O. The molecule has 8 atom stereocenters. The fourth-order valence-corrected chi connectivity index (χ4v) is 5.90. The summed E-state index contributed by atoms with van der Waals surface area (Å²) in [6.45, 7) is -0.480. The lowest BCUT2D eigenvalue weighted by Crippen LogP contribution is -2.59. The highest BCUT2D eigenvalue weighted by Gasteiger charge is 2.48. The number of hydrogen-bond donors (Lipinski definition) is 5. The number of benzene rings is 3. The summed E-state index contributed by atoms with van der Waals surface area (Å²) in [7, 11) is 0. The number of nitrogens with zero attached hydrogens (tertiary/aromatic N) is 1. The van der Waals surface area contributed by atoms with E-state index in [1.165, 1.54) is 24.3 Å². The molecule has 0 saturated carbocycles. The fourth-order valence-electron chi connectivity index (χ4n) is 5.90. The summed E-state index contributed by atoms with van der Waals surface area (Å²) in [5.41, 5.74) is 3.52. The molecule has 0 aliphatic carbocycles. The van der Waals surface area contributed by atoms with Gasteiger partial charge in [0.15, 0.2) is 0 Å². The van der Waals surface area contributed by atoms with Crippen LogP contribution in [0.5, 0.6) is 0 Å². The average Bonchev–Trinajstić information content (AvgIpc) is 2.96. The van der Waals surface area contributed by atoms with Crippen LogP contribution in [0.4, 0.5) is 14.5 Å². The van der Waals surface area contributed by atoms with Gasteiger partial charge in [0.25, 0.3) is 0 Å². The van der Waals surface area contributed by atoms with E-state index in [0.29, 0.717) is 5.69 Å². The maximum Gasteiger partial charge on any atom is 0.132 e. The Bertz CT molecular complexity index is 1240. The van der Waals surface area contributed by atoms with Crippen LogP contribution in [0.3, 0.4) is 0 Å². The highest BCUT2D eigenvalue weighted by molar-refractivity contribution is 5.53. The maximum atomic E-state index is 13.6. The van der Waals surface area contributed by atoms with Gasteiger partial charge in [-0.3, -0.25) is 0 Å². The van der Waals surface area contributed by atoms with Crippen LogP contribution in [0.25, 0.3) is 0 Å². The van der Waals surface area contributed by atoms with E-state index in [4.69, 9.17) is 4.74 Å². The number of rotatable bonds is 9. The lowest BCUT2D eigenvalue weighted by Gasteiger charge is -2.54. The van der Waals surface area contributed by atoms with Gasteiger partial charge in [-0.15, -0.1) is 0 Å². The van der Waals surface area contributed by atoms with E-state index in [1.807, 2.05) is 29.2 Å². The minimum absolute atomic E-state index is 0.0817. The van der Waals surface area contributed by atoms with E-state index in [-0.39, 0.29) is 30.0 Å². The van der Waals surface area contributed by atoms with Crippen LogP contribution >= 0.6 is 0 Å². The molecule has 2 fully saturated rings. The maximum absolute atomic E-state index is 13.6. The minimum atomic E-state index is -1.42. The smallest absolute Gasteiger partial charge is 0.132 e. The summed E-state index contributed by atoms with van der Waals surface area (Å²) in [5, 5.41) is 51.1. The topological polar surface area (TPSA) is 114 Å². The standard InChI is InChI=1S/C31H35F2NO6/c32-21-10-6-18(7-11-21)2-1-3-24-27(34(31(24)39)23-14-12-22(33)13-15-23)20-8-4-19(5-9-20)16-25-28(36)30(38)29(37)26(17-35)40-25/h4-15,24-31,35-39H,1-3,16-17H2/t24-,25+,26-,27-,28+,29-,30-,31?/m1/s1. The molecule has 0 amide bonds. The predicted molar refractivity (Wildman–Crippen MR) is 144 cm³/mol. The molecule has 0 spiro atoms. The molecule has 2 aliphatic heterocycles. The van der Waals surface area contributed by atoms with Gasteiger partial charge in [0.2, 0.25) is 0 Å². The molecule has 3 aromatic rings. The molecule has 5 N–H and O–H groups in total. The molecule has 0 bridgehead atoms. The molecule has 7 nitrogen and oxygen atoms in total. The average molecular weight is 556 g/mol. The van der Waals surface area contributed by atoms with Crippen LogP contribution in [0.2, 0.25) is 0 Å². The Kier molecular flexibility index (Phi) is 8.80. The zero-order valence-corrected chi connectivity index (χ0v) is 21.9. The minimum Gasteiger partial charge on any atom is -0.394 e. The van der Waals surface area contributed by atoms with Crippen molar-refractivity contribution >= 4 is 5.69 Å². The second-order valence-corrected chi connectivity index (χ2v) is 10.7. The summed E-state index contributed by atoms with van der Waals surface area (Å²) in [6.07, 6.45) is -4.10. The van der Waals surface area contributed by atoms with Crippen LogP contribution in [0, 0.1) is 17.6 Å². The van der Waals surface area contributed by atoms with Crippen molar-refractivity contribution in [2.75, 3.05) is 11.5 Å². The summed E-state index contributed by atoms with van der Waals surface area (Å²) < 4.78 is 32.5. The molecule has 2 heterocycles. The molecule has 2 saturated heterocycles. The van der Waals surface area contributed by atoms with Gasteiger partial charge in [0.05, 0.1) is 18.8 Å². The van der Waals surface area contributed by atoms with Crippen LogP contribution in [0.15, 0.2) is 72.8 Å². The normalized spacial score (nSPS) is 30.2. The van der Waals surface area contributed by atoms with E-state index >= 15 is 0 Å². The van der Waals surface area contributed by atoms with E-state index in [1.54, 1.807) is 24.3 Å². The molecule has 3 aromatic carbocycles. The van der Waals surface area contributed by atoms with Gasteiger partial charge >= 0.3 is 0 Å². The first-order valence-electron chi connectivity index (χ1n) is 13.6. The van der Waals surface area contributed by atoms with Crippen molar-refractivity contribution in [1.82, 2.24) is 0 Å². The molecule has 214 valence electrons. The van der Waals surface area contributed by atoms with Crippen LogP contribution < -0.4 is 4.90 Å². The largest absolute Gasteiger partial charge is 0.394 e. The van der Waals surface area contributed by atoms with Crippen molar-refractivity contribution in [3.05, 3.63) is 101 Å². The molecule has 2 aliphatic rings. The summed E-state index contributed by atoms with van der Waals surface area (Å²) in [5.74, 6) is -0.714. The second-order valence-electron chi connectivity index (χ2n) is 10.7. The molecule has 0 radical (unpaired) electrons. The van der Waals surface area contributed by atoms with Gasteiger partial charge < -0.3 is 35.2 Å². The Balaban J connectivity index is 1.31. The highest BCUT2D eigenvalue weighted by atomic mass is 19.1. The van der Waals surface area contributed by atoms with E-state index in [2.05, 4.69) is 0 Å². The first kappa shape index (κ1) is 28.6. The molecule has 40 heavy (non-hydrogen) atoms. The van der Waals surface area contributed by atoms with E-state index in [0.717, 1.165) is 36.0 Å². The van der Waals surface area contributed by atoms with E-state index in [9.17, 15) is 34.3 Å². The molecule has 9 heteroatoms. The van der Waals surface area contributed by atoms with Gasteiger partial charge in [-0.2, -0.15) is 0 Å². The predicted octanol–water partition coefficient (Wildman–Crippen LogP) is 2.87. The monoisotopic (exact) mass is 555 g/mol. The number of aliphatic hydroxyl groups excluding tert-OH is 5. The first-order valence-corrected chi connectivity index (χ1v) is 13.6. The number of hydrogen-bond acceptors (Lipinski definition) is 7. The number of anilines is 1. The summed E-state index contributed by atoms with van der Waals surface area (Å²) >= 11 is 0. The van der Waals surface area contributed by atoms with Crippen LogP contribution in [-0.2, 0) is 17.6 Å². The zero-order valence-electron chi connectivity index (χ0n) is 21.9. The molecular formula is C31H35F2NO6. The van der Waals surface area contributed by atoms with Gasteiger partial charge in [0, 0.05) is 18.0 Å². The van der Waals surface area contributed by atoms with Crippen molar-refractivity contribution < 1.29 is 39.1 Å². The fraction of sp³-hybridized carbons (Fsp3) is 0.419. The number of aliphatic hydroxyl groups is 5.